The van der Waals surface area contributed by atoms with Crippen molar-refractivity contribution in [3.8, 4) is 0 Å². The van der Waals surface area contributed by atoms with Crippen LogP contribution >= 0.6 is 0 Å². The summed E-state index contributed by atoms with van der Waals surface area (Å²) >= 11 is 0. The zero-order valence-electron chi connectivity index (χ0n) is 13.7. The third kappa shape index (κ3) is 4.71. The molecule has 0 bridgehead atoms. The second-order valence-corrected chi connectivity index (χ2v) is 6.06. The second kappa shape index (κ2) is 7.42. The molecule has 0 saturated heterocycles. The molecule has 112 valence electrons. The molecule has 0 aliphatic rings. The Morgan fingerprint density at radius 1 is 0.905 bits per heavy atom. The lowest BCUT2D eigenvalue weighted by molar-refractivity contribution is 0.515. The zero-order valence-corrected chi connectivity index (χ0v) is 13.7. The Labute approximate surface area is 129 Å². The fraction of sp³-hybridized carbons (Fsp3) is 0.400. The number of aryl methyl sites for hydroxylation is 4. The summed E-state index contributed by atoms with van der Waals surface area (Å²) in [5, 5.41) is 3.64. The van der Waals surface area contributed by atoms with Crippen LogP contribution in [0.3, 0.4) is 0 Å². The van der Waals surface area contributed by atoms with Crippen LogP contribution in [0.15, 0.2) is 42.5 Å². The van der Waals surface area contributed by atoms with E-state index in [-0.39, 0.29) is 0 Å². The lowest BCUT2D eigenvalue weighted by atomic mass is 9.95. The molecule has 0 fully saturated rings. The van der Waals surface area contributed by atoms with Crippen LogP contribution in [-0.2, 0) is 6.42 Å². The summed E-state index contributed by atoms with van der Waals surface area (Å²) in [6.07, 6.45) is 2.26. The van der Waals surface area contributed by atoms with E-state index < -0.39 is 0 Å². The van der Waals surface area contributed by atoms with Crippen LogP contribution in [0.1, 0.15) is 47.2 Å². The SMILES string of the molecule is CCNC(CCc1cccc(C)c1)c1cc(C)cc(C)c1. The maximum Gasteiger partial charge on any atom is 0.0323 e. The quantitative estimate of drug-likeness (QED) is 0.794. The average molecular weight is 281 g/mol. The Morgan fingerprint density at radius 3 is 2.24 bits per heavy atom. The first kappa shape index (κ1) is 15.8. The van der Waals surface area contributed by atoms with Crippen molar-refractivity contribution in [2.75, 3.05) is 6.54 Å². The van der Waals surface area contributed by atoms with Crippen LogP contribution in [0, 0.1) is 20.8 Å². The van der Waals surface area contributed by atoms with E-state index in [4.69, 9.17) is 0 Å². The molecule has 0 aromatic heterocycles. The van der Waals surface area contributed by atoms with Gasteiger partial charge in [0.25, 0.3) is 0 Å². The highest BCUT2D eigenvalue weighted by atomic mass is 14.9. The van der Waals surface area contributed by atoms with Crippen molar-refractivity contribution in [3.05, 3.63) is 70.3 Å². The molecular formula is C20H27N. The van der Waals surface area contributed by atoms with E-state index >= 15 is 0 Å². The Hall–Kier alpha value is -1.60. The summed E-state index contributed by atoms with van der Waals surface area (Å²) in [4.78, 5) is 0. The molecule has 2 aromatic carbocycles. The minimum absolute atomic E-state index is 0.439. The largest absolute Gasteiger partial charge is 0.310 e. The first-order chi connectivity index (χ1) is 10.1. The van der Waals surface area contributed by atoms with Crippen LogP contribution in [-0.4, -0.2) is 6.54 Å². The van der Waals surface area contributed by atoms with Crippen LogP contribution in [0.4, 0.5) is 0 Å². The zero-order chi connectivity index (χ0) is 15.2. The highest BCUT2D eigenvalue weighted by Gasteiger charge is 2.11. The average Bonchev–Trinajstić information content (AvgIpc) is 2.42. The summed E-state index contributed by atoms with van der Waals surface area (Å²) < 4.78 is 0. The van der Waals surface area contributed by atoms with Gasteiger partial charge in [-0.1, -0.05) is 66.1 Å². The standard InChI is InChI=1S/C20H27N/c1-5-21-20(19-13-16(3)11-17(4)14-19)10-9-18-8-6-7-15(2)12-18/h6-8,11-14,20-21H,5,9-10H2,1-4H3. The van der Waals surface area contributed by atoms with Gasteiger partial charge in [0.2, 0.25) is 0 Å². The Balaban J connectivity index is 2.11. The van der Waals surface area contributed by atoms with Crippen LogP contribution in [0.5, 0.6) is 0 Å². The molecule has 0 aliphatic heterocycles. The fourth-order valence-electron chi connectivity index (χ4n) is 3.02. The van der Waals surface area contributed by atoms with Gasteiger partial charge in [0.1, 0.15) is 0 Å². The van der Waals surface area contributed by atoms with Gasteiger partial charge in [-0.25, -0.2) is 0 Å². The van der Waals surface area contributed by atoms with Crippen LogP contribution < -0.4 is 5.32 Å². The Morgan fingerprint density at radius 2 is 1.62 bits per heavy atom. The smallest absolute Gasteiger partial charge is 0.0323 e. The lowest BCUT2D eigenvalue weighted by Gasteiger charge is -2.20. The van der Waals surface area contributed by atoms with Gasteiger partial charge in [-0.3, -0.25) is 0 Å². The molecule has 1 unspecified atom stereocenters. The molecule has 2 aromatic rings. The normalized spacial score (nSPS) is 12.4. The highest BCUT2D eigenvalue weighted by Crippen LogP contribution is 2.22. The van der Waals surface area contributed by atoms with Crippen molar-refractivity contribution >= 4 is 0 Å². The number of hydrogen-bond donors (Lipinski definition) is 1. The number of benzene rings is 2. The molecule has 1 atom stereocenters. The summed E-state index contributed by atoms with van der Waals surface area (Å²) in [5.74, 6) is 0. The van der Waals surface area contributed by atoms with E-state index in [2.05, 4.69) is 75.5 Å². The molecule has 1 heteroatoms. The third-order valence-electron chi connectivity index (χ3n) is 3.90. The maximum absolute atomic E-state index is 3.64. The minimum atomic E-state index is 0.439. The summed E-state index contributed by atoms with van der Waals surface area (Å²) in [5.41, 5.74) is 6.90. The van der Waals surface area contributed by atoms with E-state index in [0.29, 0.717) is 6.04 Å². The number of hydrogen-bond acceptors (Lipinski definition) is 1. The third-order valence-corrected chi connectivity index (χ3v) is 3.90. The molecule has 0 spiro atoms. The van der Waals surface area contributed by atoms with E-state index in [1.54, 1.807) is 0 Å². The van der Waals surface area contributed by atoms with Crippen molar-refractivity contribution in [1.29, 1.82) is 0 Å². The minimum Gasteiger partial charge on any atom is -0.310 e. The van der Waals surface area contributed by atoms with Gasteiger partial charge in [-0.05, 0) is 51.3 Å². The molecule has 0 aliphatic carbocycles. The summed E-state index contributed by atoms with van der Waals surface area (Å²) in [7, 11) is 0. The molecule has 21 heavy (non-hydrogen) atoms. The van der Waals surface area contributed by atoms with Crippen molar-refractivity contribution in [2.24, 2.45) is 0 Å². The van der Waals surface area contributed by atoms with Crippen molar-refractivity contribution in [1.82, 2.24) is 5.32 Å². The maximum atomic E-state index is 3.64. The predicted molar refractivity (Wildman–Crippen MR) is 91.8 cm³/mol. The monoisotopic (exact) mass is 281 g/mol. The van der Waals surface area contributed by atoms with Crippen LogP contribution in [0.2, 0.25) is 0 Å². The molecule has 0 amide bonds. The molecular weight excluding hydrogens is 254 g/mol. The van der Waals surface area contributed by atoms with Crippen LogP contribution in [0.25, 0.3) is 0 Å². The van der Waals surface area contributed by atoms with E-state index in [0.717, 1.165) is 19.4 Å². The van der Waals surface area contributed by atoms with Gasteiger partial charge in [0.15, 0.2) is 0 Å². The Bertz CT molecular complexity index is 566. The molecule has 0 heterocycles. The molecule has 0 radical (unpaired) electrons. The van der Waals surface area contributed by atoms with Crippen molar-refractivity contribution in [3.63, 3.8) is 0 Å². The van der Waals surface area contributed by atoms with Crippen molar-refractivity contribution in [2.45, 2.75) is 46.6 Å². The second-order valence-electron chi connectivity index (χ2n) is 6.06. The summed E-state index contributed by atoms with van der Waals surface area (Å²) in [6, 6.07) is 16.2. The van der Waals surface area contributed by atoms with Gasteiger partial charge in [-0.15, -0.1) is 0 Å². The van der Waals surface area contributed by atoms with Gasteiger partial charge in [-0.2, -0.15) is 0 Å². The first-order valence-corrected chi connectivity index (χ1v) is 7.95. The number of nitrogens with one attached hydrogen (secondary N) is 1. The Kier molecular flexibility index (Phi) is 5.58. The van der Waals surface area contributed by atoms with E-state index in [9.17, 15) is 0 Å². The van der Waals surface area contributed by atoms with Gasteiger partial charge in [0.05, 0.1) is 0 Å². The van der Waals surface area contributed by atoms with E-state index in [1.165, 1.54) is 27.8 Å². The lowest BCUT2D eigenvalue weighted by Crippen LogP contribution is -2.21. The topological polar surface area (TPSA) is 12.0 Å². The molecule has 2 rings (SSSR count). The molecule has 0 saturated carbocycles. The predicted octanol–water partition coefficient (Wildman–Crippen LogP) is 4.90. The number of rotatable bonds is 6. The van der Waals surface area contributed by atoms with Gasteiger partial charge in [0, 0.05) is 6.04 Å². The molecule has 1 N–H and O–H groups in total. The van der Waals surface area contributed by atoms with Gasteiger partial charge >= 0.3 is 0 Å². The van der Waals surface area contributed by atoms with Gasteiger partial charge < -0.3 is 5.32 Å². The van der Waals surface area contributed by atoms with E-state index in [1.807, 2.05) is 0 Å². The molecule has 1 nitrogen and oxygen atoms in total. The van der Waals surface area contributed by atoms with Crippen molar-refractivity contribution < 1.29 is 0 Å². The summed E-state index contributed by atoms with van der Waals surface area (Å²) in [6.45, 7) is 9.71. The highest BCUT2D eigenvalue weighted by molar-refractivity contribution is 5.31. The first-order valence-electron chi connectivity index (χ1n) is 7.95. The fourth-order valence-corrected chi connectivity index (χ4v) is 3.02.